The topological polar surface area (TPSA) is 105 Å². The summed E-state index contributed by atoms with van der Waals surface area (Å²) < 4.78 is 0. The van der Waals surface area contributed by atoms with E-state index in [1.807, 2.05) is 0 Å². The number of anilines is 1. The standard InChI is InChI=1S/C14H19N3O4/c1-2-9-5-3-4-6-10(9)15-13-12(17(20)21)8-7-11(16-13)14(18)19/h7-10H,2-6H2,1H3,(H,15,16)(H,18,19). The highest BCUT2D eigenvalue weighted by molar-refractivity contribution is 5.86. The Balaban J connectivity index is 2.29. The molecule has 114 valence electrons. The largest absolute Gasteiger partial charge is 0.477 e. The number of hydrogen-bond acceptors (Lipinski definition) is 5. The fraction of sp³-hybridized carbons (Fsp3) is 0.571. The average Bonchev–Trinajstić information content (AvgIpc) is 2.47. The zero-order valence-corrected chi connectivity index (χ0v) is 11.9. The lowest BCUT2D eigenvalue weighted by atomic mass is 9.83. The van der Waals surface area contributed by atoms with Crippen LogP contribution in [0.5, 0.6) is 0 Å². The molecule has 1 fully saturated rings. The maximum atomic E-state index is 11.1. The van der Waals surface area contributed by atoms with Crippen LogP contribution in [0.2, 0.25) is 0 Å². The van der Waals surface area contributed by atoms with Gasteiger partial charge in [-0.2, -0.15) is 0 Å². The molecule has 1 saturated carbocycles. The van der Waals surface area contributed by atoms with Crippen LogP contribution in [-0.2, 0) is 0 Å². The number of nitro groups is 1. The maximum Gasteiger partial charge on any atom is 0.354 e. The Bertz CT molecular complexity index is 547. The lowest BCUT2D eigenvalue weighted by Gasteiger charge is -2.31. The van der Waals surface area contributed by atoms with Crippen molar-refractivity contribution in [1.29, 1.82) is 0 Å². The van der Waals surface area contributed by atoms with Gasteiger partial charge in [-0.3, -0.25) is 10.1 Å². The molecule has 1 aromatic rings. The van der Waals surface area contributed by atoms with Gasteiger partial charge < -0.3 is 10.4 Å². The molecule has 1 aliphatic rings. The zero-order chi connectivity index (χ0) is 15.4. The molecule has 0 aliphatic heterocycles. The van der Waals surface area contributed by atoms with E-state index in [9.17, 15) is 14.9 Å². The van der Waals surface area contributed by atoms with E-state index < -0.39 is 10.9 Å². The fourth-order valence-electron chi connectivity index (χ4n) is 2.89. The van der Waals surface area contributed by atoms with Crippen molar-refractivity contribution in [3.63, 3.8) is 0 Å². The van der Waals surface area contributed by atoms with Crippen LogP contribution in [-0.4, -0.2) is 27.0 Å². The molecular formula is C14H19N3O4. The van der Waals surface area contributed by atoms with Crippen molar-refractivity contribution in [2.45, 2.75) is 45.1 Å². The van der Waals surface area contributed by atoms with Gasteiger partial charge in [-0.15, -0.1) is 0 Å². The van der Waals surface area contributed by atoms with Gasteiger partial charge in [0.2, 0.25) is 5.82 Å². The molecule has 2 N–H and O–H groups in total. The van der Waals surface area contributed by atoms with E-state index in [-0.39, 0.29) is 23.2 Å². The predicted octanol–water partition coefficient (Wildman–Crippen LogP) is 3.07. The zero-order valence-electron chi connectivity index (χ0n) is 11.9. The number of carbonyl (C=O) groups is 1. The van der Waals surface area contributed by atoms with Gasteiger partial charge in [-0.1, -0.05) is 26.2 Å². The Labute approximate surface area is 122 Å². The van der Waals surface area contributed by atoms with Crippen molar-refractivity contribution in [2.24, 2.45) is 5.92 Å². The minimum absolute atomic E-state index is 0.0604. The summed E-state index contributed by atoms with van der Waals surface area (Å²) in [5.41, 5.74) is -0.368. The van der Waals surface area contributed by atoms with E-state index in [4.69, 9.17) is 5.11 Å². The van der Waals surface area contributed by atoms with E-state index in [2.05, 4.69) is 17.2 Å². The molecule has 0 spiro atoms. The highest BCUT2D eigenvalue weighted by Crippen LogP contribution is 2.31. The Hall–Kier alpha value is -2.18. The van der Waals surface area contributed by atoms with Crippen LogP contribution in [0, 0.1) is 16.0 Å². The predicted molar refractivity (Wildman–Crippen MR) is 77.5 cm³/mol. The average molecular weight is 293 g/mol. The third kappa shape index (κ3) is 3.48. The normalized spacial score (nSPS) is 21.8. The summed E-state index contributed by atoms with van der Waals surface area (Å²) >= 11 is 0. The Morgan fingerprint density at radius 3 is 2.81 bits per heavy atom. The van der Waals surface area contributed by atoms with E-state index in [1.165, 1.54) is 12.5 Å². The molecule has 0 bridgehead atoms. The van der Waals surface area contributed by atoms with Crippen molar-refractivity contribution >= 4 is 17.5 Å². The molecule has 21 heavy (non-hydrogen) atoms. The van der Waals surface area contributed by atoms with Crippen LogP contribution in [0.1, 0.15) is 49.5 Å². The molecule has 2 atom stereocenters. The molecule has 2 unspecified atom stereocenters. The first kappa shape index (κ1) is 15.2. The number of hydrogen-bond donors (Lipinski definition) is 2. The number of nitrogens with zero attached hydrogens (tertiary/aromatic N) is 2. The summed E-state index contributed by atoms with van der Waals surface area (Å²) in [6.07, 6.45) is 5.24. The van der Waals surface area contributed by atoms with Gasteiger partial charge in [-0.25, -0.2) is 9.78 Å². The summed E-state index contributed by atoms with van der Waals surface area (Å²) in [6, 6.07) is 2.46. The fourth-order valence-corrected chi connectivity index (χ4v) is 2.89. The molecule has 1 heterocycles. The summed E-state index contributed by atoms with van der Waals surface area (Å²) in [5.74, 6) is -0.692. The first-order valence-electron chi connectivity index (χ1n) is 7.18. The second-order valence-corrected chi connectivity index (χ2v) is 5.33. The minimum atomic E-state index is -1.19. The number of aromatic carboxylic acids is 1. The smallest absolute Gasteiger partial charge is 0.354 e. The lowest BCUT2D eigenvalue weighted by molar-refractivity contribution is -0.384. The Morgan fingerprint density at radius 2 is 2.19 bits per heavy atom. The second kappa shape index (κ2) is 6.51. The van der Waals surface area contributed by atoms with Crippen molar-refractivity contribution in [3.05, 3.63) is 27.9 Å². The molecule has 7 nitrogen and oxygen atoms in total. The van der Waals surface area contributed by atoms with Crippen LogP contribution >= 0.6 is 0 Å². The molecule has 0 saturated heterocycles. The molecular weight excluding hydrogens is 274 g/mol. The molecule has 0 amide bonds. The quantitative estimate of drug-likeness (QED) is 0.638. The lowest BCUT2D eigenvalue weighted by Crippen LogP contribution is -2.32. The van der Waals surface area contributed by atoms with Gasteiger partial charge in [0.1, 0.15) is 0 Å². The minimum Gasteiger partial charge on any atom is -0.477 e. The molecule has 0 aromatic carbocycles. The third-order valence-electron chi connectivity index (χ3n) is 4.05. The van der Waals surface area contributed by atoms with E-state index >= 15 is 0 Å². The van der Waals surface area contributed by atoms with Crippen LogP contribution in [0.15, 0.2) is 12.1 Å². The summed E-state index contributed by atoms with van der Waals surface area (Å²) in [4.78, 5) is 25.4. The number of nitrogens with one attached hydrogen (secondary N) is 1. The third-order valence-corrected chi connectivity index (χ3v) is 4.05. The van der Waals surface area contributed by atoms with Crippen molar-refractivity contribution in [1.82, 2.24) is 4.98 Å². The van der Waals surface area contributed by atoms with Crippen molar-refractivity contribution in [2.75, 3.05) is 5.32 Å². The highest BCUT2D eigenvalue weighted by Gasteiger charge is 2.27. The highest BCUT2D eigenvalue weighted by atomic mass is 16.6. The summed E-state index contributed by atoms with van der Waals surface area (Å²) in [5, 5.41) is 23.2. The van der Waals surface area contributed by atoms with Crippen molar-refractivity contribution < 1.29 is 14.8 Å². The number of pyridine rings is 1. The monoisotopic (exact) mass is 293 g/mol. The van der Waals surface area contributed by atoms with E-state index in [0.717, 1.165) is 31.7 Å². The first-order chi connectivity index (χ1) is 10.0. The number of carboxylic acids is 1. The van der Waals surface area contributed by atoms with Crippen LogP contribution < -0.4 is 5.32 Å². The summed E-state index contributed by atoms with van der Waals surface area (Å²) in [7, 11) is 0. The molecule has 7 heteroatoms. The van der Waals surface area contributed by atoms with Gasteiger partial charge in [0.15, 0.2) is 5.69 Å². The van der Waals surface area contributed by atoms with Gasteiger partial charge in [-0.05, 0) is 24.8 Å². The maximum absolute atomic E-state index is 11.1. The van der Waals surface area contributed by atoms with E-state index in [1.54, 1.807) is 0 Å². The van der Waals surface area contributed by atoms with Crippen LogP contribution in [0.4, 0.5) is 11.5 Å². The second-order valence-electron chi connectivity index (χ2n) is 5.33. The number of rotatable bonds is 5. The van der Waals surface area contributed by atoms with Gasteiger partial charge in [0.05, 0.1) is 4.92 Å². The number of aromatic nitrogens is 1. The Kier molecular flexibility index (Phi) is 4.72. The molecule has 1 aliphatic carbocycles. The van der Waals surface area contributed by atoms with Crippen LogP contribution in [0.3, 0.4) is 0 Å². The van der Waals surface area contributed by atoms with Crippen molar-refractivity contribution in [3.8, 4) is 0 Å². The SMILES string of the molecule is CCC1CCCCC1Nc1nc(C(=O)O)ccc1[N+](=O)[O-]. The molecule has 2 rings (SSSR count). The number of carboxylic acid groups (broad SMARTS) is 1. The Morgan fingerprint density at radius 1 is 1.48 bits per heavy atom. The van der Waals surface area contributed by atoms with Gasteiger partial charge in [0, 0.05) is 12.1 Å². The van der Waals surface area contributed by atoms with E-state index in [0.29, 0.717) is 5.92 Å². The molecule has 0 radical (unpaired) electrons. The molecule has 1 aromatic heterocycles. The van der Waals surface area contributed by atoms with Gasteiger partial charge >= 0.3 is 11.7 Å². The van der Waals surface area contributed by atoms with Crippen LogP contribution in [0.25, 0.3) is 0 Å². The summed E-state index contributed by atoms with van der Waals surface area (Å²) in [6.45, 7) is 2.10. The van der Waals surface area contributed by atoms with Gasteiger partial charge in [0.25, 0.3) is 0 Å². The first-order valence-corrected chi connectivity index (χ1v) is 7.18.